The van der Waals surface area contributed by atoms with Crippen LogP contribution in [0.4, 0.5) is 15.3 Å². The largest absolute Gasteiger partial charge is 0.340 e. The van der Waals surface area contributed by atoms with Gasteiger partial charge < -0.3 is 5.32 Å². The van der Waals surface area contributed by atoms with E-state index in [1.807, 2.05) is 6.92 Å². The monoisotopic (exact) mass is 343 g/mol. The van der Waals surface area contributed by atoms with E-state index in [-0.39, 0.29) is 12.2 Å². The van der Waals surface area contributed by atoms with E-state index in [1.54, 1.807) is 0 Å². The summed E-state index contributed by atoms with van der Waals surface area (Å²) in [6, 6.07) is 3.09. The maximum absolute atomic E-state index is 12.3. The van der Waals surface area contributed by atoms with Gasteiger partial charge in [-0.15, -0.1) is 0 Å². The van der Waals surface area contributed by atoms with Crippen molar-refractivity contribution in [3.8, 4) is 0 Å². The van der Waals surface area contributed by atoms with E-state index in [4.69, 9.17) is 23.2 Å². The van der Waals surface area contributed by atoms with Gasteiger partial charge in [0.1, 0.15) is 6.54 Å². The first-order valence-corrected chi connectivity index (χ1v) is 7.58. The summed E-state index contributed by atoms with van der Waals surface area (Å²) in [7, 11) is 0. The number of carbonyl (C=O) groups excluding carboxylic acids is 3. The number of nitrogens with one attached hydrogen (secondary N) is 1. The predicted molar refractivity (Wildman–Crippen MR) is 84.4 cm³/mol. The molecule has 8 heteroatoms. The molecule has 0 radical (unpaired) electrons. The first-order chi connectivity index (χ1) is 10.4. The number of halogens is 2. The lowest BCUT2D eigenvalue weighted by molar-refractivity contribution is -0.116. The van der Waals surface area contributed by atoms with Crippen LogP contribution in [0.5, 0.6) is 0 Å². The third kappa shape index (κ3) is 3.51. The van der Waals surface area contributed by atoms with Gasteiger partial charge in [0, 0.05) is 16.6 Å². The van der Waals surface area contributed by atoms with E-state index >= 15 is 0 Å². The predicted octanol–water partition coefficient (Wildman–Crippen LogP) is 3.27. The van der Waals surface area contributed by atoms with Gasteiger partial charge in [0.25, 0.3) is 5.91 Å². The van der Waals surface area contributed by atoms with Crippen LogP contribution in [-0.2, 0) is 4.79 Å². The summed E-state index contributed by atoms with van der Waals surface area (Å²) < 4.78 is 0. The molecule has 1 saturated heterocycles. The van der Waals surface area contributed by atoms with Crippen molar-refractivity contribution in [2.75, 3.05) is 18.0 Å². The third-order valence-corrected chi connectivity index (χ3v) is 3.56. The highest BCUT2D eigenvalue weighted by atomic mass is 35.5. The van der Waals surface area contributed by atoms with Crippen LogP contribution in [0.3, 0.4) is 0 Å². The SMILES string of the molecule is CCCCNC(=O)N1CC(=O)N(c2cc(Cl)cc(Cl)c2)C1=O. The molecular weight excluding hydrogens is 329 g/mol. The van der Waals surface area contributed by atoms with E-state index in [1.165, 1.54) is 18.2 Å². The Morgan fingerprint density at radius 2 is 1.86 bits per heavy atom. The average molecular weight is 344 g/mol. The number of hydrogen-bond acceptors (Lipinski definition) is 3. The van der Waals surface area contributed by atoms with Crippen LogP contribution in [0.25, 0.3) is 0 Å². The zero-order chi connectivity index (χ0) is 16.3. The van der Waals surface area contributed by atoms with Crippen LogP contribution in [0.1, 0.15) is 19.8 Å². The van der Waals surface area contributed by atoms with Crippen LogP contribution in [0, 0.1) is 0 Å². The quantitative estimate of drug-likeness (QED) is 0.673. The van der Waals surface area contributed by atoms with Crippen LogP contribution in [0.2, 0.25) is 10.0 Å². The molecule has 0 saturated carbocycles. The normalized spacial score (nSPS) is 14.7. The molecule has 118 valence electrons. The third-order valence-electron chi connectivity index (χ3n) is 3.12. The summed E-state index contributed by atoms with van der Waals surface area (Å²) in [5.74, 6) is -0.506. The summed E-state index contributed by atoms with van der Waals surface area (Å²) in [5, 5.41) is 3.21. The number of imide groups is 2. The number of anilines is 1. The molecule has 0 spiro atoms. The fourth-order valence-electron chi connectivity index (χ4n) is 2.05. The Hall–Kier alpha value is -1.79. The number of urea groups is 2. The molecule has 1 heterocycles. The van der Waals surface area contributed by atoms with Gasteiger partial charge in [0.15, 0.2) is 0 Å². The minimum Gasteiger partial charge on any atom is -0.338 e. The highest BCUT2D eigenvalue weighted by Gasteiger charge is 2.40. The highest BCUT2D eigenvalue weighted by molar-refractivity contribution is 6.35. The summed E-state index contributed by atoms with van der Waals surface area (Å²) in [6.45, 7) is 2.14. The van der Waals surface area contributed by atoms with Crippen LogP contribution < -0.4 is 10.2 Å². The number of rotatable bonds is 4. The van der Waals surface area contributed by atoms with Crippen molar-refractivity contribution in [1.29, 1.82) is 0 Å². The molecule has 1 aliphatic heterocycles. The Balaban J connectivity index is 2.16. The summed E-state index contributed by atoms with van der Waals surface area (Å²) in [4.78, 5) is 38.1. The number of nitrogens with zero attached hydrogens (tertiary/aromatic N) is 2. The van der Waals surface area contributed by atoms with Crippen molar-refractivity contribution < 1.29 is 14.4 Å². The second kappa shape index (κ2) is 6.98. The van der Waals surface area contributed by atoms with Crippen LogP contribution in [0.15, 0.2) is 18.2 Å². The number of amides is 5. The van der Waals surface area contributed by atoms with Gasteiger partial charge in [-0.2, -0.15) is 0 Å². The number of hydrogen-bond donors (Lipinski definition) is 1. The number of carbonyl (C=O) groups is 3. The number of unbranched alkanes of at least 4 members (excludes halogenated alkanes) is 1. The van der Waals surface area contributed by atoms with E-state index in [0.717, 1.165) is 22.6 Å². The van der Waals surface area contributed by atoms with Gasteiger partial charge in [-0.3, -0.25) is 4.79 Å². The molecule has 0 bridgehead atoms. The smallest absolute Gasteiger partial charge is 0.338 e. The molecule has 1 aliphatic rings. The highest BCUT2D eigenvalue weighted by Crippen LogP contribution is 2.28. The van der Waals surface area contributed by atoms with Crippen molar-refractivity contribution in [3.63, 3.8) is 0 Å². The molecule has 0 aliphatic carbocycles. The van der Waals surface area contributed by atoms with Crippen molar-refractivity contribution in [2.45, 2.75) is 19.8 Å². The molecule has 0 unspecified atom stereocenters. The Morgan fingerprint density at radius 1 is 1.23 bits per heavy atom. The maximum atomic E-state index is 12.3. The first kappa shape index (κ1) is 16.6. The van der Waals surface area contributed by atoms with Gasteiger partial charge in [0.2, 0.25) is 0 Å². The topological polar surface area (TPSA) is 69.7 Å². The Kier molecular flexibility index (Phi) is 5.26. The van der Waals surface area contributed by atoms with Crippen molar-refractivity contribution >= 4 is 46.9 Å². The molecule has 22 heavy (non-hydrogen) atoms. The molecule has 1 N–H and O–H groups in total. The van der Waals surface area contributed by atoms with E-state index < -0.39 is 18.0 Å². The van der Waals surface area contributed by atoms with Crippen molar-refractivity contribution in [3.05, 3.63) is 28.2 Å². The van der Waals surface area contributed by atoms with Crippen molar-refractivity contribution in [2.24, 2.45) is 0 Å². The lowest BCUT2D eigenvalue weighted by Gasteiger charge is -2.16. The fourth-order valence-corrected chi connectivity index (χ4v) is 2.56. The maximum Gasteiger partial charge on any atom is 0.340 e. The molecule has 0 aromatic heterocycles. The second-order valence-corrected chi connectivity index (χ2v) is 5.68. The molecule has 1 fully saturated rings. The van der Waals surface area contributed by atoms with Crippen LogP contribution >= 0.6 is 23.2 Å². The van der Waals surface area contributed by atoms with E-state index in [9.17, 15) is 14.4 Å². The fraction of sp³-hybridized carbons (Fsp3) is 0.357. The Bertz CT molecular complexity index is 601. The van der Waals surface area contributed by atoms with Gasteiger partial charge in [-0.25, -0.2) is 19.4 Å². The Labute approximate surface area is 138 Å². The van der Waals surface area contributed by atoms with Gasteiger partial charge in [-0.1, -0.05) is 36.5 Å². The number of benzene rings is 1. The molecule has 1 aromatic carbocycles. The van der Waals surface area contributed by atoms with Crippen molar-refractivity contribution in [1.82, 2.24) is 10.2 Å². The molecular formula is C14H15Cl2N3O3. The van der Waals surface area contributed by atoms with Gasteiger partial charge in [-0.05, 0) is 24.6 Å². The zero-order valence-electron chi connectivity index (χ0n) is 11.9. The molecule has 2 rings (SSSR count). The molecule has 1 aromatic rings. The first-order valence-electron chi connectivity index (χ1n) is 6.82. The standard InChI is InChI=1S/C14H15Cl2N3O3/c1-2-3-4-17-13(21)18-8-12(20)19(14(18)22)11-6-9(15)5-10(16)7-11/h5-7H,2-4,8H2,1H3,(H,17,21). The molecule has 0 atom stereocenters. The van der Waals surface area contributed by atoms with E-state index in [0.29, 0.717) is 16.6 Å². The summed E-state index contributed by atoms with van der Waals surface area (Å²) in [6.07, 6.45) is 1.72. The molecule has 5 amide bonds. The van der Waals surface area contributed by atoms with E-state index in [2.05, 4.69) is 5.32 Å². The summed E-state index contributed by atoms with van der Waals surface area (Å²) in [5.41, 5.74) is 0.247. The minimum absolute atomic E-state index is 0.247. The second-order valence-electron chi connectivity index (χ2n) is 4.81. The average Bonchev–Trinajstić information content (AvgIpc) is 2.73. The summed E-state index contributed by atoms with van der Waals surface area (Å²) >= 11 is 11.8. The van der Waals surface area contributed by atoms with Gasteiger partial charge >= 0.3 is 12.1 Å². The van der Waals surface area contributed by atoms with Crippen LogP contribution in [-0.4, -0.2) is 36.0 Å². The lowest BCUT2D eigenvalue weighted by Crippen LogP contribution is -2.43. The lowest BCUT2D eigenvalue weighted by atomic mass is 10.3. The Morgan fingerprint density at radius 3 is 2.45 bits per heavy atom. The zero-order valence-corrected chi connectivity index (χ0v) is 13.4. The molecule has 6 nitrogen and oxygen atoms in total. The van der Waals surface area contributed by atoms with Gasteiger partial charge in [0.05, 0.1) is 5.69 Å². The minimum atomic E-state index is -0.711.